The Hall–Kier alpha value is -0.330. The largest absolute Gasteiger partial charge is 0.433 e. The zero-order valence-corrected chi connectivity index (χ0v) is 8.98. The van der Waals surface area contributed by atoms with Crippen molar-refractivity contribution in [2.24, 2.45) is 0 Å². The Bertz CT molecular complexity index is 309. The van der Waals surface area contributed by atoms with Crippen molar-refractivity contribution in [2.75, 3.05) is 0 Å². The van der Waals surface area contributed by atoms with Crippen LogP contribution in [0.4, 0.5) is 13.2 Å². The summed E-state index contributed by atoms with van der Waals surface area (Å²) >= 11 is 1.98. The molecule has 0 fully saturated rings. The molecule has 0 saturated heterocycles. The third kappa shape index (κ3) is 2.55. The molecule has 13 heavy (non-hydrogen) atoms. The molecule has 1 aromatic heterocycles. The minimum atomic E-state index is -4.34. The molecule has 0 aromatic carbocycles. The van der Waals surface area contributed by atoms with Gasteiger partial charge in [-0.15, -0.1) is 0 Å². The molecule has 0 aliphatic carbocycles. The van der Waals surface area contributed by atoms with Gasteiger partial charge in [0.2, 0.25) is 0 Å². The summed E-state index contributed by atoms with van der Waals surface area (Å²) in [6, 6.07) is 1.10. The van der Waals surface area contributed by atoms with Crippen molar-refractivity contribution in [1.29, 1.82) is 0 Å². The first-order chi connectivity index (χ1) is 5.95. The second-order valence-corrected chi connectivity index (χ2v) is 3.67. The van der Waals surface area contributed by atoms with Crippen LogP contribution < -0.4 is 0 Å². The monoisotopic (exact) mass is 301 g/mol. The number of nitrogens with zero attached hydrogens (tertiary/aromatic N) is 1. The molecule has 0 radical (unpaired) electrons. The number of aryl methyl sites for hydroxylation is 1. The van der Waals surface area contributed by atoms with Gasteiger partial charge in [0.05, 0.1) is 0 Å². The highest BCUT2D eigenvalue weighted by Crippen LogP contribution is 2.28. The van der Waals surface area contributed by atoms with E-state index in [9.17, 15) is 13.2 Å². The van der Waals surface area contributed by atoms with Gasteiger partial charge in [-0.25, -0.2) is 0 Å². The minimum Gasteiger partial charge on any atom is -0.251 e. The van der Waals surface area contributed by atoms with E-state index in [1.165, 1.54) is 6.20 Å². The van der Waals surface area contributed by atoms with Crippen molar-refractivity contribution in [2.45, 2.75) is 19.5 Å². The predicted molar refractivity (Wildman–Crippen MR) is 51.3 cm³/mol. The molecule has 0 N–H and O–H groups in total. The summed E-state index contributed by atoms with van der Waals surface area (Å²) in [5.41, 5.74) is -0.132. The standard InChI is InChI=1S/C8H7F3IN/c1-2-5-3-7(8(9,10)11)13-4-6(5)12/h3-4H,2H2,1H3. The first kappa shape index (κ1) is 10.7. The van der Waals surface area contributed by atoms with Gasteiger partial charge in [-0.05, 0) is 40.6 Å². The molecule has 1 nitrogen and oxygen atoms in total. The first-order valence-electron chi connectivity index (χ1n) is 3.66. The predicted octanol–water partition coefficient (Wildman–Crippen LogP) is 3.27. The number of hydrogen-bond donors (Lipinski definition) is 0. The second kappa shape index (κ2) is 3.81. The molecule has 5 heteroatoms. The van der Waals surface area contributed by atoms with E-state index >= 15 is 0 Å². The van der Waals surface area contributed by atoms with Crippen molar-refractivity contribution in [3.05, 3.63) is 27.1 Å². The van der Waals surface area contributed by atoms with Crippen LogP contribution in [0.5, 0.6) is 0 Å². The molecule has 72 valence electrons. The minimum absolute atomic E-state index is 0.587. The zero-order chi connectivity index (χ0) is 10.1. The summed E-state index contributed by atoms with van der Waals surface area (Å²) in [5.74, 6) is 0. The molecule has 1 rings (SSSR count). The number of alkyl halides is 3. The SMILES string of the molecule is CCc1cc(C(F)(F)F)ncc1I. The lowest BCUT2D eigenvalue weighted by molar-refractivity contribution is -0.141. The fourth-order valence-corrected chi connectivity index (χ4v) is 1.58. The Balaban J connectivity index is 3.14. The number of aromatic nitrogens is 1. The summed E-state index contributed by atoms with van der Waals surface area (Å²) < 4.78 is 37.3. The van der Waals surface area contributed by atoms with Gasteiger partial charge in [0.25, 0.3) is 0 Å². The molecule has 0 spiro atoms. The van der Waals surface area contributed by atoms with Gasteiger partial charge < -0.3 is 0 Å². The Labute approximate surface area is 87.5 Å². The highest BCUT2D eigenvalue weighted by atomic mass is 127. The van der Waals surface area contributed by atoms with Crippen LogP contribution in [0.25, 0.3) is 0 Å². The van der Waals surface area contributed by atoms with Crippen molar-refractivity contribution in [1.82, 2.24) is 4.98 Å². The third-order valence-corrected chi connectivity index (χ3v) is 2.58. The maximum atomic E-state index is 12.2. The van der Waals surface area contributed by atoms with E-state index < -0.39 is 11.9 Å². The first-order valence-corrected chi connectivity index (χ1v) is 4.74. The molecule has 1 heterocycles. The molecule has 0 saturated carbocycles. The number of rotatable bonds is 1. The molecule has 0 aliphatic rings. The highest BCUT2D eigenvalue weighted by Gasteiger charge is 2.32. The van der Waals surface area contributed by atoms with Crippen LogP contribution in [0, 0.1) is 3.57 Å². The average Bonchev–Trinajstić information content (AvgIpc) is 2.03. The van der Waals surface area contributed by atoms with Crippen LogP contribution in [0.2, 0.25) is 0 Å². The molecule has 0 unspecified atom stereocenters. The van der Waals surface area contributed by atoms with E-state index in [-0.39, 0.29) is 0 Å². The van der Waals surface area contributed by atoms with Gasteiger partial charge in [0.1, 0.15) is 5.69 Å². The van der Waals surface area contributed by atoms with E-state index in [1.807, 2.05) is 29.5 Å². The van der Waals surface area contributed by atoms with Gasteiger partial charge in [-0.3, -0.25) is 4.98 Å². The van der Waals surface area contributed by atoms with Gasteiger partial charge in [0.15, 0.2) is 0 Å². The lowest BCUT2D eigenvalue weighted by Gasteiger charge is -2.07. The maximum Gasteiger partial charge on any atom is 0.433 e. The Morgan fingerprint density at radius 2 is 2.08 bits per heavy atom. The van der Waals surface area contributed by atoms with Crippen LogP contribution in [-0.2, 0) is 12.6 Å². The average molecular weight is 301 g/mol. The van der Waals surface area contributed by atoms with Crippen molar-refractivity contribution >= 4 is 22.6 Å². The Morgan fingerprint density at radius 1 is 1.46 bits per heavy atom. The molecular formula is C8H7F3IN. The molecule has 0 aliphatic heterocycles. The van der Waals surface area contributed by atoms with Crippen LogP contribution in [0.1, 0.15) is 18.2 Å². The molecule has 0 atom stereocenters. The van der Waals surface area contributed by atoms with E-state index in [2.05, 4.69) is 4.98 Å². The van der Waals surface area contributed by atoms with Crippen molar-refractivity contribution < 1.29 is 13.2 Å². The normalized spacial score (nSPS) is 11.8. The zero-order valence-electron chi connectivity index (χ0n) is 6.82. The second-order valence-electron chi connectivity index (χ2n) is 2.51. The molecule has 0 amide bonds. The van der Waals surface area contributed by atoms with Crippen molar-refractivity contribution in [3.63, 3.8) is 0 Å². The smallest absolute Gasteiger partial charge is 0.251 e. The van der Waals surface area contributed by atoms with Crippen LogP contribution in [-0.4, -0.2) is 4.98 Å². The van der Waals surface area contributed by atoms with E-state index in [4.69, 9.17) is 0 Å². The lowest BCUT2D eigenvalue weighted by atomic mass is 10.2. The fraction of sp³-hybridized carbons (Fsp3) is 0.375. The Morgan fingerprint density at radius 3 is 2.54 bits per heavy atom. The summed E-state index contributed by atoms with van der Waals surface area (Å²) in [4.78, 5) is 3.33. The van der Waals surface area contributed by atoms with Gasteiger partial charge in [-0.2, -0.15) is 13.2 Å². The number of pyridine rings is 1. The van der Waals surface area contributed by atoms with E-state index in [0.717, 1.165) is 9.64 Å². The highest BCUT2D eigenvalue weighted by molar-refractivity contribution is 14.1. The van der Waals surface area contributed by atoms with E-state index in [1.54, 1.807) is 0 Å². The Kier molecular flexibility index (Phi) is 3.15. The summed E-state index contributed by atoms with van der Waals surface area (Å²) in [6.07, 6.45) is -2.50. The molecular weight excluding hydrogens is 294 g/mol. The van der Waals surface area contributed by atoms with Crippen molar-refractivity contribution in [3.8, 4) is 0 Å². The van der Waals surface area contributed by atoms with Gasteiger partial charge in [0, 0.05) is 9.77 Å². The lowest BCUT2D eigenvalue weighted by Crippen LogP contribution is -2.09. The summed E-state index contributed by atoms with van der Waals surface area (Å²) in [5, 5.41) is 0. The molecule has 1 aromatic rings. The topological polar surface area (TPSA) is 12.9 Å². The fourth-order valence-electron chi connectivity index (χ4n) is 0.906. The van der Waals surface area contributed by atoms with Gasteiger partial charge in [-0.1, -0.05) is 6.92 Å². The maximum absolute atomic E-state index is 12.2. The number of halogens is 4. The third-order valence-electron chi connectivity index (χ3n) is 1.61. The van der Waals surface area contributed by atoms with Crippen LogP contribution in [0.3, 0.4) is 0 Å². The van der Waals surface area contributed by atoms with E-state index in [0.29, 0.717) is 12.0 Å². The van der Waals surface area contributed by atoms with Gasteiger partial charge >= 0.3 is 6.18 Å². The van der Waals surface area contributed by atoms with Crippen LogP contribution >= 0.6 is 22.6 Å². The number of hydrogen-bond acceptors (Lipinski definition) is 1. The summed E-state index contributed by atoms with van der Waals surface area (Å²) in [6.45, 7) is 1.82. The van der Waals surface area contributed by atoms with Crippen LogP contribution in [0.15, 0.2) is 12.3 Å². The molecule has 0 bridgehead atoms. The quantitative estimate of drug-likeness (QED) is 0.726. The summed E-state index contributed by atoms with van der Waals surface area (Å²) in [7, 11) is 0.